The summed E-state index contributed by atoms with van der Waals surface area (Å²) in [5.74, 6) is 0.886. The highest BCUT2D eigenvalue weighted by Crippen LogP contribution is 2.34. The number of thioether (sulfide) groups is 1. The summed E-state index contributed by atoms with van der Waals surface area (Å²) >= 11 is 4.86. The number of phenols is 1. The Hall–Kier alpha value is -1.99. The molecule has 0 unspecified atom stereocenters. The van der Waals surface area contributed by atoms with Gasteiger partial charge in [-0.2, -0.15) is 5.10 Å². The van der Waals surface area contributed by atoms with Crippen molar-refractivity contribution in [3.05, 3.63) is 52.5 Å². The third-order valence-electron chi connectivity index (χ3n) is 3.01. The van der Waals surface area contributed by atoms with E-state index in [1.807, 2.05) is 30.3 Å². The molecule has 1 amide bonds. The summed E-state index contributed by atoms with van der Waals surface area (Å²) < 4.78 is 5.55. The van der Waals surface area contributed by atoms with E-state index >= 15 is 0 Å². The molecule has 0 aromatic heterocycles. The van der Waals surface area contributed by atoms with Gasteiger partial charge in [0.05, 0.1) is 17.8 Å². The maximum absolute atomic E-state index is 11.8. The summed E-state index contributed by atoms with van der Waals surface area (Å²) in [5, 5.41) is 13.7. The second-order valence-corrected chi connectivity index (χ2v) is 6.78. The van der Waals surface area contributed by atoms with E-state index in [-0.39, 0.29) is 11.7 Å². The third kappa shape index (κ3) is 5.58. The lowest BCUT2D eigenvalue weighted by Gasteiger charge is -2.06. The zero-order chi connectivity index (χ0) is 17.4. The van der Waals surface area contributed by atoms with Gasteiger partial charge in [0, 0.05) is 17.1 Å². The number of hydrazone groups is 1. The largest absolute Gasteiger partial charge is 0.503 e. The number of benzene rings is 2. The molecule has 0 aliphatic heterocycles. The molecule has 2 aromatic carbocycles. The van der Waals surface area contributed by atoms with E-state index < -0.39 is 0 Å². The molecule has 2 N–H and O–H groups in total. The number of ether oxygens (including phenoxy) is 1. The topological polar surface area (TPSA) is 70.9 Å². The fraction of sp³-hybridized carbons (Fsp3) is 0.176. The lowest BCUT2D eigenvalue weighted by molar-refractivity contribution is -0.120. The van der Waals surface area contributed by atoms with Crippen LogP contribution >= 0.6 is 27.7 Å². The first-order chi connectivity index (χ1) is 11.6. The van der Waals surface area contributed by atoms with Crippen molar-refractivity contribution in [3.63, 3.8) is 0 Å². The van der Waals surface area contributed by atoms with E-state index in [0.717, 1.165) is 4.90 Å². The molecule has 0 heterocycles. The van der Waals surface area contributed by atoms with E-state index in [0.29, 0.717) is 28.0 Å². The molecule has 0 aliphatic rings. The van der Waals surface area contributed by atoms with Gasteiger partial charge in [-0.3, -0.25) is 4.79 Å². The van der Waals surface area contributed by atoms with Crippen molar-refractivity contribution in [3.8, 4) is 11.5 Å². The minimum Gasteiger partial charge on any atom is -0.503 e. The van der Waals surface area contributed by atoms with E-state index in [9.17, 15) is 9.90 Å². The Morgan fingerprint density at radius 2 is 2.12 bits per heavy atom. The second kappa shape index (κ2) is 9.34. The van der Waals surface area contributed by atoms with Gasteiger partial charge in [-0.1, -0.05) is 18.2 Å². The number of nitrogens with zero attached hydrogens (tertiary/aromatic N) is 1. The number of phenolic OH excluding ortho intramolecular Hbond substituents is 1. The fourth-order valence-electron chi connectivity index (χ4n) is 1.84. The smallest absolute Gasteiger partial charge is 0.240 e. The van der Waals surface area contributed by atoms with Crippen molar-refractivity contribution in [2.75, 3.05) is 12.9 Å². The molecular formula is C17H17BrN2O3S. The molecule has 126 valence electrons. The summed E-state index contributed by atoms with van der Waals surface area (Å²) in [6.45, 7) is 0. The number of methoxy groups -OCH3 is 1. The van der Waals surface area contributed by atoms with Gasteiger partial charge >= 0.3 is 0 Å². The molecular weight excluding hydrogens is 392 g/mol. The van der Waals surface area contributed by atoms with Crippen LogP contribution in [0.1, 0.15) is 12.0 Å². The van der Waals surface area contributed by atoms with Crippen molar-refractivity contribution in [1.82, 2.24) is 5.43 Å². The number of carbonyl (C=O) groups excluding carboxylic acids is 1. The van der Waals surface area contributed by atoms with Crippen molar-refractivity contribution in [2.45, 2.75) is 11.3 Å². The third-order valence-corrected chi connectivity index (χ3v) is 4.63. The molecule has 0 atom stereocenters. The quantitative estimate of drug-likeness (QED) is 0.415. The Morgan fingerprint density at radius 1 is 1.38 bits per heavy atom. The predicted molar refractivity (Wildman–Crippen MR) is 99.9 cm³/mol. The molecule has 0 spiro atoms. The van der Waals surface area contributed by atoms with Gasteiger partial charge in [0.1, 0.15) is 0 Å². The average molecular weight is 409 g/mol. The summed E-state index contributed by atoms with van der Waals surface area (Å²) in [6.07, 6.45) is 1.87. The summed E-state index contributed by atoms with van der Waals surface area (Å²) in [7, 11) is 1.47. The van der Waals surface area contributed by atoms with Crippen LogP contribution in [0.15, 0.2) is 56.9 Å². The molecule has 0 aliphatic carbocycles. The van der Waals surface area contributed by atoms with Crippen LogP contribution in [0.3, 0.4) is 0 Å². The van der Waals surface area contributed by atoms with Crippen LogP contribution in [0.2, 0.25) is 0 Å². The highest BCUT2D eigenvalue weighted by molar-refractivity contribution is 9.10. The molecule has 0 bridgehead atoms. The molecule has 5 nitrogen and oxygen atoms in total. The standard InChI is InChI=1S/C17H17BrN2O3S/c1-23-15-10-12(9-14(18)17(15)22)11-19-20-16(21)7-8-24-13-5-3-2-4-6-13/h2-6,9-11,22H,7-8H2,1H3,(H,20,21)/b19-11-. The lowest BCUT2D eigenvalue weighted by atomic mass is 10.2. The Kier molecular flexibility index (Phi) is 7.14. The normalized spacial score (nSPS) is 10.8. The van der Waals surface area contributed by atoms with Crippen molar-refractivity contribution < 1.29 is 14.6 Å². The van der Waals surface area contributed by atoms with Crippen LogP contribution in [0.25, 0.3) is 0 Å². The maximum Gasteiger partial charge on any atom is 0.240 e. The number of hydrogen-bond donors (Lipinski definition) is 2. The molecule has 7 heteroatoms. The van der Waals surface area contributed by atoms with E-state index in [4.69, 9.17) is 4.74 Å². The fourth-order valence-corrected chi connectivity index (χ4v) is 3.17. The van der Waals surface area contributed by atoms with E-state index in [1.54, 1.807) is 23.9 Å². The Balaban J connectivity index is 1.81. The SMILES string of the molecule is COc1cc(/C=N\NC(=O)CCSc2ccccc2)cc(Br)c1O. The number of nitrogens with one attached hydrogen (secondary N) is 1. The Labute approximate surface area is 153 Å². The zero-order valence-corrected chi connectivity index (χ0v) is 15.4. The first-order valence-corrected chi connectivity index (χ1v) is 8.94. The highest BCUT2D eigenvalue weighted by atomic mass is 79.9. The number of rotatable bonds is 7. The lowest BCUT2D eigenvalue weighted by Crippen LogP contribution is -2.17. The van der Waals surface area contributed by atoms with Gasteiger partial charge in [-0.25, -0.2) is 5.43 Å². The number of amides is 1. The molecule has 24 heavy (non-hydrogen) atoms. The van der Waals surface area contributed by atoms with Gasteiger partial charge in [0.25, 0.3) is 0 Å². The van der Waals surface area contributed by atoms with Gasteiger partial charge in [-0.05, 0) is 45.8 Å². The van der Waals surface area contributed by atoms with Crippen LogP contribution in [-0.2, 0) is 4.79 Å². The average Bonchev–Trinajstić information content (AvgIpc) is 2.59. The minimum atomic E-state index is -0.153. The van der Waals surface area contributed by atoms with Crippen molar-refractivity contribution >= 4 is 39.8 Å². The molecule has 0 radical (unpaired) electrons. The molecule has 0 fully saturated rings. The summed E-state index contributed by atoms with van der Waals surface area (Å²) in [5.41, 5.74) is 3.18. The van der Waals surface area contributed by atoms with Gasteiger partial charge in [0.15, 0.2) is 11.5 Å². The van der Waals surface area contributed by atoms with E-state index in [2.05, 4.69) is 26.5 Å². The Bertz CT molecular complexity index is 723. The van der Waals surface area contributed by atoms with Gasteiger partial charge < -0.3 is 9.84 Å². The number of aromatic hydroxyl groups is 1. The van der Waals surface area contributed by atoms with E-state index in [1.165, 1.54) is 13.3 Å². The second-order valence-electron chi connectivity index (χ2n) is 4.76. The monoisotopic (exact) mass is 408 g/mol. The van der Waals surface area contributed by atoms with Crippen molar-refractivity contribution in [1.29, 1.82) is 0 Å². The minimum absolute atomic E-state index is 0.0247. The summed E-state index contributed by atoms with van der Waals surface area (Å²) in [6, 6.07) is 13.2. The van der Waals surface area contributed by atoms with Crippen LogP contribution in [-0.4, -0.2) is 30.1 Å². The van der Waals surface area contributed by atoms with Crippen molar-refractivity contribution in [2.24, 2.45) is 5.10 Å². The van der Waals surface area contributed by atoms with Crippen LogP contribution in [0.5, 0.6) is 11.5 Å². The predicted octanol–water partition coefficient (Wildman–Crippen LogP) is 3.80. The zero-order valence-electron chi connectivity index (χ0n) is 13.0. The number of hydrogen-bond acceptors (Lipinski definition) is 5. The first kappa shape index (κ1) is 18.4. The first-order valence-electron chi connectivity index (χ1n) is 7.16. The highest BCUT2D eigenvalue weighted by Gasteiger charge is 2.07. The number of halogens is 1. The maximum atomic E-state index is 11.8. The molecule has 0 saturated heterocycles. The Morgan fingerprint density at radius 3 is 2.83 bits per heavy atom. The van der Waals surface area contributed by atoms with Gasteiger partial charge in [-0.15, -0.1) is 11.8 Å². The van der Waals surface area contributed by atoms with Crippen LogP contribution in [0, 0.1) is 0 Å². The molecule has 2 rings (SSSR count). The molecule has 2 aromatic rings. The van der Waals surface area contributed by atoms with Gasteiger partial charge in [0.2, 0.25) is 5.91 Å². The van der Waals surface area contributed by atoms with Crippen LogP contribution in [0.4, 0.5) is 0 Å². The summed E-state index contributed by atoms with van der Waals surface area (Å²) in [4.78, 5) is 12.9. The van der Waals surface area contributed by atoms with Crippen LogP contribution < -0.4 is 10.2 Å². The number of carbonyl (C=O) groups is 1. The molecule has 0 saturated carbocycles.